The van der Waals surface area contributed by atoms with Crippen LogP contribution in [0.2, 0.25) is 0 Å². The fraction of sp³-hybridized carbons (Fsp3) is 0.190. The van der Waals surface area contributed by atoms with Gasteiger partial charge in [-0.1, -0.05) is 43.0 Å². The van der Waals surface area contributed by atoms with Gasteiger partial charge in [-0.15, -0.1) is 0 Å². The normalized spacial score (nSPS) is 10.8. The number of methoxy groups -OCH3 is 2. The molecule has 0 unspecified atom stereocenters. The molecule has 0 radical (unpaired) electrons. The first-order chi connectivity index (χ1) is 12.6. The van der Waals surface area contributed by atoms with E-state index in [0.29, 0.717) is 17.2 Å². The Balaban J connectivity index is 2.59. The molecule has 2 aromatic rings. The van der Waals surface area contributed by atoms with Crippen LogP contribution >= 0.6 is 0 Å². The lowest BCUT2D eigenvalue weighted by molar-refractivity contribution is 0.157. The van der Waals surface area contributed by atoms with Gasteiger partial charge in [-0.3, -0.25) is 5.32 Å². The average Bonchev–Trinajstić information content (AvgIpc) is 2.67. The van der Waals surface area contributed by atoms with Crippen LogP contribution in [0.5, 0.6) is 11.5 Å². The largest absolute Gasteiger partial charge is 0.493 e. The molecule has 136 valence electrons. The molecular formula is C21H23NO4. The lowest BCUT2D eigenvalue weighted by Crippen LogP contribution is -2.23. The van der Waals surface area contributed by atoms with E-state index in [1.165, 1.54) is 0 Å². The van der Waals surface area contributed by atoms with Crippen molar-refractivity contribution in [3.63, 3.8) is 0 Å². The zero-order valence-electron chi connectivity index (χ0n) is 15.2. The summed E-state index contributed by atoms with van der Waals surface area (Å²) in [6, 6.07) is 13.3. The molecule has 0 aliphatic carbocycles. The predicted molar refractivity (Wildman–Crippen MR) is 104 cm³/mol. The van der Waals surface area contributed by atoms with Crippen LogP contribution in [0.1, 0.15) is 23.6 Å². The lowest BCUT2D eigenvalue weighted by Gasteiger charge is -2.16. The third-order valence-corrected chi connectivity index (χ3v) is 3.69. The molecule has 0 heterocycles. The van der Waals surface area contributed by atoms with Crippen molar-refractivity contribution in [3.05, 3.63) is 65.7 Å². The smallest absolute Gasteiger partial charge is 0.411 e. The molecule has 1 N–H and O–H groups in total. The van der Waals surface area contributed by atoms with E-state index in [1.54, 1.807) is 33.3 Å². The van der Waals surface area contributed by atoms with Gasteiger partial charge < -0.3 is 14.2 Å². The van der Waals surface area contributed by atoms with Gasteiger partial charge in [0.05, 0.1) is 26.5 Å². The molecule has 0 spiro atoms. The van der Waals surface area contributed by atoms with Crippen LogP contribution in [0.3, 0.4) is 0 Å². The van der Waals surface area contributed by atoms with Crippen molar-refractivity contribution in [3.8, 4) is 11.5 Å². The summed E-state index contributed by atoms with van der Waals surface area (Å²) < 4.78 is 15.8. The maximum absolute atomic E-state index is 12.0. The van der Waals surface area contributed by atoms with Crippen LogP contribution < -0.4 is 14.8 Å². The first-order valence-corrected chi connectivity index (χ1v) is 8.22. The molecule has 0 fully saturated rings. The van der Waals surface area contributed by atoms with Crippen molar-refractivity contribution < 1.29 is 19.0 Å². The van der Waals surface area contributed by atoms with Gasteiger partial charge in [0.2, 0.25) is 0 Å². The van der Waals surface area contributed by atoms with Gasteiger partial charge in [0.1, 0.15) is 0 Å². The standard InChI is InChI=1S/C21H23NO4/c1-5-16-13-19(24-3)20(25-4)14-17(16)18(22-21(23)26-6-2)12-15-10-8-7-9-11-15/h5,7-14H,1,6H2,2-4H3,(H,22,23)/b18-12-. The van der Waals surface area contributed by atoms with E-state index in [0.717, 1.165) is 16.7 Å². The van der Waals surface area contributed by atoms with Gasteiger partial charge in [0.25, 0.3) is 0 Å². The Hall–Kier alpha value is -3.21. The Labute approximate surface area is 153 Å². The quantitative estimate of drug-likeness (QED) is 0.740. The van der Waals surface area contributed by atoms with Crippen molar-refractivity contribution in [2.24, 2.45) is 0 Å². The van der Waals surface area contributed by atoms with Crippen LogP contribution in [0.4, 0.5) is 4.79 Å². The van der Waals surface area contributed by atoms with Gasteiger partial charge in [-0.2, -0.15) is 0 Å². The molecule has 2 aromatic carbocycles. The predicted octanol–water partition coefficient (Wildman–Crippen LogP) is 4.59. The van der Waals surface area contributed by atoms with Crippen LogP contribution in [-0.4, -0.2) is 26.9 Å². The molecule has 2 rings (SSSR count). The number of alkyl carbamates (subject to hydrolysis) is 1. The summed E-state index contributed by atoms with van der Waals surface area (Å²) in [7, 11) is 3.14. The fourth-order valence-electron chi connectivity index (χ4n) is 2.47. The molecule has 0 aliphatic heterocycles. The summed E-state index contributed by atoms with van der Waals surface area (Å²) >= 11 is 0. The third kappa shape index (κ3) is 4.66. The highest BCUT2D eigenvalue weighted by molar-refractivity contribution is 5.92. The molecule has 0 aliphatic rings. The van der Waals surface area contributed by atoms with Gasteiger partial charge in [-0.25, -0.2) is 4.79 Å². The number of ether oxygens (including phenoxy) is 3. The Kier molecular flexibility index (Phi) is 6.85. The van der Waals surface area contributed by atoms with E-state index in [4.69, 9.17) is 14.2 Å². The van der Waals surface area contributed by atoms with E-state index < -0.39 is 6.09 Å². The molecule has 0 saturated heterocycles. The number of hydrogen-bond acceptors (Lipinski definition) is 4. The fourth-order valence-corrected chi connectivity index (χ4v) is 2.47. The molecule has 0 aromatic heterocycles. The molecule has 1 amide bonds. The lowest BCUT2D eigenvalue weighted by atomic mass is 10.0. The SMILES string of the molecule is C=Cc1cc(OC)c(OC)cc1/C(=C/c1ccccc1)NC(=O)OCC. The third-order valence-electron chi connectivity index (χ3n) is 3.69. The minimum atomic E-state index is -0.528. The van der Waals surface area contributed by atoms with Gasteiger partial charge in [-0.05, 0) is 36.3 Å². The van der Waals surface area contributed by atoms with Crippen LogP contribution in [-0.2, 0) is 4.74 Å². The monoisotopic (exact) mass is 353 g/mol. The highest BCUT2D eigenvalue weighted by Gasteiger charge is 2.15. The average molecular weight is 353 g/mol. The van der Waals surface area contributed by atoms with Crippen LogP contribution in [0.15, 0.2) is 49.0 Å². The van der Waals surface area contributed by atoms with E-state index in [2.05, 4.69) is 11.9 Å². The van der Waals surface area contributed by atoms with Crippen molar-refractivity contribution in [2.45, 2.75) is 6.92 Å². The van der Waals surface area contributed by atoms with E-state index in [-0.39, 0.29) is 6.61 Å². The van der Waals surface area contributed by atoms with E-state index in [9.17, 15) is 4.79 Å². The molecule has 5 nitrogen and oxygen atoms in total. The van der Waals surface area contributed by atoms with Crippen molar-refractivity contribution in [1.29, 1.82) is 0 Å². The topological polar surface area (TPSA) is 56.8 Å². The van der Waals surface area contributed by atoms with E-state index in [1.807, 2.05) is 42.5 Å². The van der Waals surface area contributed by atoms with Crippen molar-refractivity contribution >= 4 is 23.9 Å². The van der Waals surface area contributed by atoms with Crippen molar-refractivity contribution in [1.82, 2.24) is 5.32 Å². The molecular weight excluding hydrogens is 330 g/mol. The Morgan fingerprint density at radius 1 is 1.12 bits per heavy atom. The summed E-state index contributed by atoms with van der Waals surface area (Å²) in [6.07, 6.45) is 3.04. The summed E-state index contributed by atoms with van der Waals surface area (Å²) in [5.74, 6) is 1.14. The molecule has 0 atom stereocenters. The molecule has 0 bridgehead atoms. The van der Waals surface area contributed by atoms with Crippen LogP contribution in [0.25, 0.3) is 17.8 Å². The summed E-state index contributed by atoms with van der Waals surface area (Å²) in [4.78, 5) is 12.0. The Bertz CT molecular complexity index is 797. The number of nitrogens with one attached hydrogen (secondary N) is 1. The highest BCUT2D eigenvalue weighted by Crippen LogP contribution is 2.34. The second-order valence-electron chi connectivity index (χ2n) is 5.31. The highest BCUT2D eigenvalue weighted by atomic mass is 16.5. The number of rotatable bonds is 7. The van der Waals surface area contributed by atoms with Gasteiger partial charge in [0.15, 0.2) is 11.5 Å². The number of carbonyl (C=O) groups is 1. The zero-order valence-corrected chi connectivity index (χ0v) is 15.2. The maximum Gasteiger partial charge on any atom is 0.411 e. The summed E-state index contributed by atoms with van der Waals surface area (Å²) in [5.41, 5.74) is 3.05. The first-order valence-electron chi connectivity index (χ1n) is 8.22. The number of amides is 1. The minimum absolute atomic E-state index is 0.282. The Morgan fingerprint density at radius 3 is 2.35 bits per heavy atom. The Morgan fingerprint density at radius 2 is 1.77 bits per heavy atom. The molecule has 0 saturated carbocycles. The maximum atomic E-state index is 12.0. The van der Waals surface area contributed by atoms with Crippen molar-refractivity contribution in [2.75, 3.05) is 20.8 Å². The molecule has 5 heteroatoms. The molecule has 26 heavy (non-hydrogen) atoms. The second kappa shape index (κ2) is 9.32. The van der Waals surface area contributed by atoms with Gasteiger partial charge >= 0.3 is 6.09 Å². The van der Waals surface area contributed by atoms with Gasteiger partial charge in [0, 0.05) is 5.56 Å². The zero-order chi connectivity index (χ0) is 18.9. The van der Waals surface area contributed by atoms with Crippen LogP contribution in [0, 0.1) is 0 Å². The summed E-state index contributed by atoms with van der Waals surface area (Å²) in [6.45, 7) is 5.90. The number of carbonyl (C=O) groups excluding carboxylic acids is 1. The minimum Gasteiger partial charge on any atom is -0.493 e. The summed E-state index contributed by atoms with van der Waals surface area (Å²) in [5, 5.41) is 2.80. The first kappa shape index (κ1) is 19.1. The van der Waals surface area contributed by atoms with E-state index >= 15 is 0 Å². The number of hydrogen-bond donors (Lipinski definition) is 1. The second-order valence-corrected chi connectivity index (χ2v) is 5.31. The number of benzene rings is 2.